The van der Waals surface area contributed by atoms with E-state index in [1.807, 2.05) is 24.3 Å². The lowest BCUT2D eigenvalue weighted by Gasteiger charge is -2.08. The van der Waals surface area contributed by atoms with E-state index in [-0.39, 0.29) is 11.8 Å². The molecule has 0 saturated carbocycles. The van der Waals surface area contributed by atoms with Gasteiger partial charge < -0.3 is 10.6 Å². The van der Waals surface area contributed by atoms with Crippen LogP contribution in [0.3, 0.4) is 0 Å². The van der Waals surface area contributed by atoms with Gasteiger partial charge in [-0.15, -0.1) is 0 Å². The lowest BCUT2D eigenvalue weighted by atomic mass is 10.2. The van der Waals surface area contributed by atoms with Gasteiger partial charge in [0.25, 0.3) is 5.91 Å². The van der Waals surface area contributed by atoms with Gasteiger partial charge in [0.1, 0.15) is 0 Å². The minimum absolute atomic E-state index is 0.143. The van der Waals surface area contributed by atoms with E-state index >= 15 is 0 Å². The Morgan fingerprint density at radius 1 is 0.950 bits per heavy atom. The number of nitrogens with one attached hydrogen (secondary N) is 2. The molecule has 2 aromatic carbocycles. The lowest BCUT2D eigenvalue weighted by Crippen LogP contribution is -2.12. The Kier molecular flexibility index (Phi) is 4.53. The van der Waals surface area contributed by atoms with Crippen molar-refractivity contribution in [3.05, 3.63) is 58.6 Å². The third-order valence-electron chi connectivity index (χ3n) is 2.59. The predicted octanol–water partition coefficient (Wildman–Crippen LogP) is 3.66. The number of halogens is 1. The van der Waals surface area contributed by atoms with Gasteiger partial charge in [0.05, 0.1) is 5.69 Å². The van der Waals surface area contributed by atoms with E-state index in [1.54, 1.807) is 24.3 Å². The SMILES string of the molecule is CC(=O)Nc1ccc(C(=O)Nc2ccccc2Br)cc1. The molecule has 2 N–H and O–H groups in total. The summed E-state index contributed by atoms with van der Waals surface area (Å²) in [4.78, 5) is 23.0. The molecule has 0 aliphatic rings. The molecule has 5 heteroatoms. The van der Waals surface area contributed by atoms with Crippen LogP contribution in [0, 0.1) is 0 Å². The Bertz CT molecular complexity index is 639. The molecule has 0 spiro atoms. The Morgan fingerprint density at radius 3 is 2.20 bits per heavy atom. The number of hydrogen-bond donors (Lipinski definition) is 2. The van der Waals surface area contributed by atoms with Crippen molar-refractivity contribution in [3.8, 4) is 0 Å². The van der Waals surface area contributed by atoms with E-state index in [0.29, 0.717) is 16.9 Å². The fraction of sp³-hybridized carbons (Fsp3) is 0.0667. The molecular weight excluding hydrogens is 320 g/mol. The second kappa shape index (κ2) is 6.34. The summed E-state index contributed by atoms with van der Waals surface area (Å²) in [6, 6.07) is 14.1. The number of amides is 2. The van der Waals surface area contributed by atoms with Crippen LogP contribution in [0.2, 0.25) is 0 Å². The molecule has 0 heterocycles. The zero-order chi connectivity index (χ0) is 14.5. The van der Waals surface area contributed by atoms with Crippen molar-refractivity contribution in [1.29, 1.82) is 0 Å². The molecule has 0 unspecified atom stereocenters. The molecule has 0 fully saturated rings. The molecule has 2 aromatic rings. The summed E-state index contributed by atoms with van der Waals surface area (Å²) < 4.78 is 0.822. The highest BCUT2D eigenvalue weighted by Crippen LogP contribution is 2.22. The van der Waals surface area contributed by atoms with Gasteiger partial charge in [-0.2, -0.15) is 0 Å². The average molecular weight is 333 g/mol. The molecule has 0 atom stereocenters. The molecule has 0 aromatic heterocycles. The fourth-order valence-corrected chi connectivity index (χ4v) is 2.05. The molecule has 0 radical (unpaired) electrons. The lowest BCUT2D eigenvalue weighted by molar-refractivity contribution is -0.114. The predicted molar refractivity (Wildman–Crippen MR) is 82.8 cm³/mol. The first-order valence-electron chi connectivity index (χ1n) is 6.00. The zero-order valence-electron chi connectivity index (χ0n) is 10.8. The van der Waals surface area contributed by atoms with Gasteiger partial charge in [0.15, 0.2) is 0 Å². The Labute approximate surface area is 125 Å². The van der Waals surface area contributed by atoms with Crippen LogP contribution < -0.4 is 10.6 Å². The molecule has 4 nitrogen and oxygen atoms in total. The molecule has 20 heavy (non-hydrogen) atoms. The van der Waals surface area contributed by atoms with Gasteiger partial charge in [-0.3, -0.25) is 9.59 Å². The van der Waals surface area contributed by atoms with Crippen LogP contribution in [0.5, 0.6) is 0 Å². The van der Waals surface area contributed by atoms with Crippen LogP contribution in [0.15, 0.2) is 53.0 Å². The molecule has 0 aliphatic carbocycles. The number of hydrogen-bond acceptors (Lipinski definition) is 2. The maximum absolute atomic E-state index is 12.1. The molecule has 0 aliphatic heterocycles. The fourth-order valence-electron chi connectivity index (χ4n) is 1.67. The molecule has 2 rings (SSSR count). The second-order valence-electron chi connectivity index (χ2n) is 4.19. The number of carbonyl (C=O) groups excluding carboxylic acids is 2. The highest BCUT2D eigenvalue weighted by atomic mass is 79.9. The van der Waals surface area contributed by atoms with Gasteiger partial charge in [0, 0.05) is 22.6 Å². The van der Waals surface area contributed by atoms with Crippen LogP contribution in [0.1, 0.15) is 17.3 Å². The van der Waals surface area contributed by atoms with Gasteiger partial charge in [-0.05, 0) is 52.3 Å². The number of rotatable bonds is 3. The summed E-state index contributed by atoms with van der Waals surface area (Å²) in [5, 5.41) is 5.47. The largest absolute Gasteiger partial charge is 0.326 e. The summed E-state index contributed by atoms with van der Waals surface area (Å²) in [7, 11) is 0. The van der Waals surface area contributed by atoms with E-state index in [9.17, 15) is 9.59 Å². The molecule has 102 valence electrons. The highest BCUT2D eigenvalue weighted by molar-refractivity contribution is 9.10. The minimum Gasteiger partial charge on any atom is -0.326 e. The first-order chi connectivity index (χ1) is 9.56. The van der Waals surface area contributed by atoms with E-state index in [0.717, 1.165) is 4.47 Å². The molecular formula is C15H13BrN2O2. The van der Waals surface area contributed by atoms with Crippen LogP contribution in [-0.2, 0) is 4.79 Å². The van der Waals surface area contributed by atoms with Crippen LogP contribution in [0.25, 0.3) is 0 Å². The van der Waals surface area contributed by atoms with Gasteiger partial charge in [-0.1, -0.05) is 12.1 Å². The number of benzene rings is 2. The summed E-state index contributed by atoms with van der Waals surface area (Å²) in [5.41, 5.74) is 1.90. The topological polar surface area (TPSA) is 58.2 Å². The van der Waals surface area contributed by atoms with E-state index < -0.39 is 0 Å². The van der Waals surface area contributed by atoms with Crippen molar-refractivity contribution in [1.82, 2.24) is 0 Å². The first-order valence-corrected chi connectivity index (χ1v) is 6.79. The number of para-hydroxylation sites is 1. The van der Waals surface area contributed by atoms with Crippen molar-refractivity contribution in [2.45, 2.75) is 6.92 Å². The average Bonchev–Trinajstić information content (AvgIpc) is 2.41. The molecule has 2 amide bonds. The maximum atomic E-state index is 12.1. The van der Waals surface area contributed by atoms with E-state index in [2.05, 4.69) is 26.6 Å². The normalized spacial score (nSPS) is 9.90. The summed E-state index contributed by atoms with van der Waals surface area (Å²) in [6.07, 6.45) is 0. The highest BCUT2D eigenvalue weighted by Gasteiger charge is 2.08. The third-order valence-corrected chi connectivity index (χ3v) is 3.28. The summed E-state index contributed by atoms with van der Waals surface area (Å²) in [6.45, 7) is 1.44. The van der Waals surface area contributed by atoms with Crippen molar-refractivity contribution in [2.75, 3.05) is 10.6 Å². The van der Waals surface area contributed by atoms with Crippen molar-refractivity contribution in [3.63, 3.8) is 0 Å². The Hall–Kier alpha value is -2.14. The Morgan fingerprint density at radius 2 is 1.60 bits per heavy atom. The molecule has 0 saturated heterocycles. The van der Waals surface area contributed by atoms with Crippen molar-refractivity contribution >= 4 is 39.1 Å². The van der Waals surface area contributed by atoms with Crippen molar-refractivity contribution < 1.29 is 9.59 Å². The summed E-state index contributed by atoms with van der Waals surface area (Å²) in [5.74, 6) is -0.346. The first kappa shape index (κ1) is 14.3. The number of carbonyl (C=O) groups is 2. The summed E-state index contributed by atoms with van der Waals surface area (Å²) >= 11 is 3.37. The van der Waals surface area contributed by atoms with Crippen molar-refractivity contribution in [2.24, 2.45) is 0 Å². The van der Waals surface area contributed by atoms with E-state index in [4.69, 9.17) is 0 Å². The smallest absolute Gasteiger partial charge is 0.255 e. The monoisotopic (exact) mass is 332 g/mol. The van der Waals surface area contributed by atoms with Crippen LogP contribution in [0.4, 0.5) is 11.4 Å². The van der Waals surface area contributed by atoms with E-state index in [1.165, 1.54) is 6.92 Å². The molecule has 0 bridgehead atoms. The van der Waals surface area contributed by atoms with Crippen LogP contribution >= 0.6 is 15.9 Å². The number of anilines is 2. The zero-order valence-corrected chi connectivity index (χ0v) is 12.4. The quantitative estimate of drug-likeness (QED) is 0.901. The minimum atomic E-state index is -0.203. The van der Waals surface area contributed by atoms with Gasteiger partial charge in [0.2, 0.25) is 5.91 Å². The third kappa shape index (κ3) is 3.68. The standard InChI is InChI=1S/C15H13BrN2O2/c1-10(19)17-12-8-6-11(7-9-12)15(20)18-14-5-3-2-4-13(14)16/h2-9H,1H3,(H,17,19)(H,18,20). The Balaban J connectivity index is 2.10. The maximum Gasteiger partial charge on any atom is 0.255 e. The van der Waals surface area contributed by atoms with Gasteiger partial charge >= 0.3 is 0 Å². The van der Waals surface area contributed by atoms with Crippen LogP contribution in [-0.4, -0.2) is 11.8 Å². The van der Waals surface area contributed by atoms with Gasteiger partial charge in [-0.25, -0.2) is 0 Å². The second-order valence-corrected chi connectivity index (χ2v) is 5.05.